The second-order valence-corrected chi connectivity index (χ2v) is 7.02. The number of hydrogen-bond acceptors (Lipinski definition) is 5. The Morgan fingerprint density at radius 2 is 1.48 bits per heavy atom. The molecule has 0 bridgehead atoms. The van der Waals surface area contributed by atoms with Gasteiger partial charge >= 0.3 is 6.09 Å². The molecule has 1 amide bonds. The number of hydrogen-bond donors (Lipinski definition) is 1. The fourth-order valence-corrected chi connectivity index (χ4v) is 2.47. The molecule has 0 aromatic heterocycles. The zero-order chi connectivity index (χ0) is 17.3. The third kappa shape index (κ3) is 10.9. The van der Waals surface area contributed by atoms with Gasteiger partial charge in [0.15, 0.2) is 0 Å². The van der Waals surface area contributed by atoms with Crippen LogP contribution in [0, 0.1) is 34.5 Å². The van der Waals surface area contributed by atoms with Crippen LogP contribution in [0.15, 0.2) is 0 Å². The molecule has 0 atom stereocenters. The SMILES string of the molecule is C.CC(C)(C)OC(=O)N1CCC(C#N)CC1.Cl.N#CC1CCNCC1. The summed E-state index contributed by atoms with van der Waals surface area (Å²) in [4.78, 5) is 13.3. The molecule has 6 nitrogen and oxygen atoms in total. The molecule has 0 aromatic carbocycles. The maximum atomic E-state index is 11.6. The van der Waals surface area contributed by atoms with Crippen LogP contribution >= 0.6 is 12.4 Å². The van der Waals surface area contributed by atoms with Crippen LogP contribution in [0.4, 0.5) is 4.79 Å². The summed E-state index contributed by atoms with van der Waals surface area (Å²) in [5, 5.41) is 20.3. The van der Waals surface area contributed by atoms with E-state index in [1.807, 2.05) is 20.8 Å². The van der Waals surface area contributed by atoms with Crippen molar-refractivity contribution in [1.29, 1.82) is 10.5 Å². The molecule has 2 aliphatic heterocycles. The maximum Gasteiger partial charge on any atom is 0.410 e. The molecule has 1 N–H and O–H groups in total. The van der Waals surface area contributed by atoms with Gasteiger partial charge in [-0.3, -0.25) is 0 Å². The van der Waals surface area contributed by atoms with Gasteiger partial charge in [-0.15, -0.1) is 12.4 Å². The molecular formula is C18H33ClN4O2. The first kappa shape index (κ1) is 25.7. The Morgan fingerprint density at radius 1 is 1.04 bits per heavy atom. The molecule has 2 heterocycles. The zero-order valence-corrected chi connectivity index (χ0v) is 15.7. The van der Waals surface area contributed by atoms with Crippen molar-refractivity contribution >= 4 is 18.5 Å². The fraction of sp³-hybridized carbons (Fsp3) is 0.833. The van der Waals surface area contributed by atoms with Gasteiger partial charge in [-0.1, -0.05) is 7.43 Å². The number of carbonyl (C=O) groups excluding carboxylic acids is 1. The number of carbonyl (C=O) groups is 1. The number of likely N-dealkylation sites (tertiary alicyclic amines) is 1. The topological polar surface area (TPSA) is 89.2 Å². The lowest BCUT2D eigenvalue weighted by atomic mass is 9.99. The largest absolute Gasteiger partial charge is 0.444 e. The van der Waals surface area contributed by atoms with Gasteiger partial charge in [0.05, 0.1) is 12.1 Å². The molecule has 0 unspecified atom stereocenters. The molecule has 2 rings (SSSR count). The van der Waals surface area contributed by atoms with Crippen LogP contribution in [0.5, 0.6) is 0 Å². The molecular weight excluding hydrogens is 340 g/mol. The number of halogens is 1. The maximum absolute atomic E-state index is 11.6. The van der Waals surface area contributed by atoms with Crippen molar-refractivity contribution in [3.8, 4) is 12.1 Å². The number of piperidine rings is 2. The molecule has 0 saturated carbocycles. The molecule has 2 aliphatic rings. The minimum atomic E-state index is -0.441. The van der Waals surface area contributed by atoms with Crippen LogP contribution in [-0.4, -0.2) is 42.8 Å². The van der Waals surface area contributed by atoms with Crippen molar-refractivity contribution in [1.82, 2.24) is 10.2 Å². The van der Waals surface area contributed by atoms with Gasteiger partial charge in [-0.05, 0) is 59.5 Å². The Hall–Kier alpha value is -1.50. The summed E-state index contributed by atoms with van der Waals surface area (Å²) < 4.78 is 5.25. The molecule has 0 aliphatic carbocycles. The minimum Gasteiger partial charge on any atom is -0.444 e. The predicted molar refractivity (Wildman–Crippen MR) is 101 cm³/mol. The van der Waals surface area contributed by atoms with E-state index >= 15 is 0 Å². The Balaban J connectivity index is 0. The fourth-order valence-electron chi connectivity index (χ4n) is 2.47. The van der Waals surface area contributed by atoms with E-state index in [0.29, 0.717) is 19.0 Å². The standard InChI is InChI=1S/C11H18N2O2.C6H10N2.CH4.ClH/c1-11(2,3)15-10(14)13-6-4-9(8-12)5-7-13;7-5-6-1-3-8-4-2-6;;/h9H,4-7H2,1-3H3;6,8H,1-4H2;1H4;1H. The van der Waals surface area contributed by atoms with E-state index in [2.05, 4.69) is 17.5 Å². The van der Waals surface area contributed by atoms with Gasteiger partial charge in [0.25, 0.3) is 0 Å². The first-order valence-corrected chi connectivity index (χ1v) is 8.33. The molecule has 0 spiro atoms. The first-order chi connectivity index (χ1) is 10.9. The van der Waals surface area contributed by atoms with Gasteiger partial charge in [-0.25, -0.2) is 4.79 Å². The smallest absolute Gasteiger partial charge is 0.410 e. The Labute approximate surface area is 158 Å². The number of nitriles is 2. The highest BCUT2D eigenvalue weighted by Gasteiger charge is 2.26. The average Bonchev–Trinajstić information content (AvgIpc) is 2.54. The van der Waals surface area contributed by atoms with Crippen LogP contribution in [0.1, 0.15) is 53.9 Å². The molecule has 7 heteroatoms. The highest BCUT2D eigenvalue weighted by Crippen LogP contribution is 2.18. The summed E-state index contributed by atoms with van der Waals surface area (Å²) in [6.07, 6.45) is 3.33. The summed E-state index contributed by atoms with van der Waals surface area (Å²) in [6, 6.07) is 4.50. The summed E-state index contributed by atoms with van der Waals surface area (Å²) >= 11 is 0. The highest BCUT2D eigenvalue weighted by molar-refractivity contribution is 5.85. The Morgan fingerprint density at radius 3 is 1.84 bits per heavy atom. The lowest BCUT2D eigenvalue weighted by Crippen LogP contribution is -2.41. The van der Waals surface area contributed by atoms with Gasteiger partial charge in [-0.2, -0.15) is 10.5 Å². The van der Waals surface area contributed by atoms with Gasteiger partial charge in [0.1, 0.15) is 5.60 Å². The third-order valence-corrected chi connectivity index (χ3v) is 3.85. The van der Waals surface area contributed by atoms with Crippen molar-refractivity contribution in [2.75, 3.05) is 26.2 Å². The summed E-state index contributed by atoms with van der Waals surface area (Å²) in [5.74, 6) is 0.430. The summed E-state index contributed by atoms with van der Waals surface area (Å²) in [5.41, 5.74) is -0.441. The lowest BCUT2D eigenvalue weighted by Gasteiger charge is -2.31. The van der Waals surface area contributed by atoms with Crippen LogP contribution in [-0.2, 0) is 4.74 Å². The molecule has 144 valence electrons. The van der Waals surface area contributed by atoms with E-state index < -0.39 is 5.60 Å². The lowest BCUT2D eigenvalue weighted by molar-refractivity contribution is 0.0199. The van der Waals surface area contributed by atoms with Crippen molar-refractivity contribution < 1.29 is 9.53 Å². The number of rotatable bonds is 0. The molecule has 2 saturated heterocycles. The van der Waals surface area contributed by atoms with E-state index in [1.54, 1.807) is 4.90 Å². The van der Waals surface area contributed by atoms with Crippen LogP contribution in [0.2, 0.25) is 0 Å². The Kier molecular flexibility index (Phi) is 13.2. The normalized spacial score (nSPS) is 18.2. The second-order valence-electron chi connectivity index (χ2n) is 7.02. The molecule has 0 radical (unpaired) electrons. The molecule has 2 fully saturated rings. The molecule has 25 heavy (non-hydrogen) atoms. The monoisotopic (exact) mass is 372 g/mol. The van der Waals surface area contributed by atoms with Crippen molar-refractivity contribution in [2.24, 2.45) is 11.8 Å². The Bertz CT molecular complexity index is 451. The van der Waals surface area contributed by atoms with Crippen molar-refractivity contribution in [3.63, 3.8) is 0 Å². The van der Waals surface area contributed by atoms with Crippen LogP contribution < -0.4 is 5.32 Å². The van der Waals surface area contributed by atoms with E-state index in [0.717, 1.165) is 38.8 Å². The van der Waals surface area contributed by atoms with Crippen LogP contribution in [0.25, 0.3) is 0 Å². The number of nitrogens with zero attached hydrogens (tertiary/aromatic N) is 3. The van der Waals surface area contributed by atoms with E-state index in [-0.39, 0.29) is 31.8 Å². The molecule has 0 aromatic rings. The van der Waals surface area contributed by atoms with Gasteiger partial charge < -0.3 is 15.0 Å². The summed E-state index contributed by atoms with van der Waals surface area (Å²) in [6.45, 7) is 8.88. The number of ether oxygens (including phenoxy) is 1. The van der Waals surface area contributed by atoms with Gasteiger partial charge in [0.2, 0.25) is 0 Å². The zero-order valence-electron chi connectivity index (χ0n) is 14.9. The highest BCUT2D eigenvalue weighted by atomic mass is 35.5. The third-order valence-electron chi connectivity index (χ3n) is 3.85. The van der Waals surface area contributed by atoms with Crippen LogP contribution in [0.3, 0.4) is 0 Å². The van der Waals surface area contributed by atoms with Gasteiger partial charge in [0, 0.05) is 24.9 Å². The van der Waals surface area contributed by atoms with E-state index in [1.165, 1.54) is 0 Å². The number of amides is 1. The average molecular weight is 373 g/mol. The van der Waals surface area contributed by atoms with E-state index in [9.17, 15) is 4.79 Å². The van der Waals surface area contributed by atoms with E-state index in [4.69, 9.17) is 15.3 Å². The first-order valence-electron chi connectivity index (χ1n) is 8.33. The van der Waals surface area contributed by atoms with Crippen molar-refractivity contribution in [3.05, 3.63) is 0 Å². The summed E-state index contributed by atoms with van der Waals surface area (Å²) in [7, 11) is 0. The quantitative estimate of drug-likeness (QED) is 0.699. The predicted octanol–water partition coefficient (Wildman–Crippen LogP) is 3.72. The van der Waals surface area contributed by atoms with Crippen molar-refractivity contribution in [2.45, 2.75) is 59.5 Å². The minimum absolute atomic E-state index is 0. The second kappa shape index (κ2) is 12.8. The number of nitrogens with one attached hydrogen (secondary N) is 1.